The van der Waals surface area contributed by atoms with Crippen LogP contribution in [-0.4, -0.2) is 20.9 Å². The second-order valence-electron chi connectivity index (χ2n) is 7.06. The van der Waals surface area contributed by atoms with Gasteiger partial charge in [-0.3, -0.25) is 14.8 Å². The smallest absolute Gasteiger partial charge is 0.253 e. The van der Waals surface area contributed by atoms with E-state index in [0.29, 0.717) is 18.0 Å². The molecule has 0 spiro atoms. The third kappa shape index (κ3) is 4.04. The summed E-state index contributed by atoms with van der Waals surface area (Å²) in [5.74, 6) is 0.407. The second kappa shape index (κ2) is 8.20. The van der Waals surface area contributed by atoms with Gasteiger partial charge in [0.25, 0.3) is 5.91 Å². The van der Waals surface area contributed by atoms with Crippen LogP contribution in [0, 0.1) is 0 Å². The lowest BCUT2D eigenvalue weighted by atomic mass is 10.1. The van der Waals surface area contributed by atoms with E-state index in [1.165, 1.54) is 0 Å². The summed E-state index contributed by atoms with van der Waals surface area (Å²) in [5.41, 5.74) is 6.00. The van der Waals surface area contributed by atoms with Crippen molar-refractivity contribution in [2.24, 2.45) is 0 Å². The Morgan fingerprint density at radius 1 is 0.839 bits per heavy atom. The summed E-state index contributed by atoms with van der Waals surface area (Å²) in [5, 5.41) is 2.89. The fraction of sp³-hybridized carbons (Fsp3) is 0.0400. The summed E-state index contributed by atoms with van der Waals surface area (Å²) in [6.45, 7) is 0.427. The van der Waals surface area contributed by atoms with Crippen LogP contribution in [0.4, 0.5) is 0 Å². The molecule has 2 aromatic carbocycles. The van der Waals surface area contributed by atoms with E-state index in [4.69, 9.17) is 4.42 Å². The molecule has 1 amide bonds. The number of hydrogen-bond acceptors (Lipinski definition) is 5. The van der Waals surface area contributed by atoms with Crippen LogP contribution in [0.15, 0.2) is 95.9 Å². The molecule has 6 nitrogen and oxygen atoms in total. The maximum absolute atomic E-state index is 12.2. The van der Waals surface area contributed by atoms with Crippen LogP contribution in [0.25, 0.3) is 33.7 Å². The minimum Gasteiger partial charge on any atom is -0.436 e. The van der Waals surface area contributed by atoms with Crippen molar-refractivity contribution >= 4 is 17.0 Å². The van der Waals surface area contributed by atoms with E-state index in [0.717, 1.165) is 33.4 Å². The predicted molar refractivity (Wildman–Crippen MR) is 118 cm³/mol. The van der Waals surface area contributed by atoms with E-state index in [2.05, 4.69) is 20.3 Å². The molecule has 0 unspecified atom stereocenters. The molecular weight excluding hydrogens is 388 g/mol. The highest BCUT2D eigenvalue weighted by molar-refractivity contribution is 5.93. The first-order chi connectivity index (χ1) is 15.3. The topological polar surface area (TPSA) is 80.9 Å². The summed E-state index contributed by atoms with van der Waals surface area (Å²) < 4.78 is 5.94. The fourth-order valence-corrected chi connectivity index (χ4v) is 3.31. The zero-order chi connectivity index (χ0) is 21.0. The van der Waals surface area contributed by atoms with Gasteiger partial charge >= 0.3 is 0 Å². The molecule has 0 fully saturated rings. The van der Waals surface area contributed by atoms with Gasteiger partial charge < -0.3 is 9.73 Å². The average molecular weight is 406 g/mol. The molecule has 0 atom stereocenters. The maximum Gasteiger partial charge on any atom is 0.253 e. The van der Waals surface area contributed by atoms with Crippen molar-refractivity contribution in [1.29, 1.82) is 0 Å². The van der Waals surface area contributed by atoms with Crippen LogP contribution in [0.2, 0.25) is 0 Å². The molecule has 0 aliphatic heterocycles. The van der Waals surface area contributed by atoms with E-state index in [1.54, 1.807) is 30.7 Å². The first-order valence-corrected chi connectivity index (χ1v) is 9.85. The number of hydrogen-bond donors (Lipinski definition) is 1. The molecule has 0 saturated carbocycles. The van der Waals surface area contributed by atoms with Gasteiger partial charge in [-0.05, 0) is 53.6 Å². The molecule has 5 rings (SSSR count). The number of carbonyl (C=O) groups excluding carboxylic acids is 1. The van der Waals surface area contributed by atoms with Crippen molar-refractivity contribution in [3.05, 3.63) is 103 Å². The van der Waals surface area contributed by atoms with Crippen molar-refractivity contribution in [3.63, 3.8) is 0 Å². The Morgan fingerprint density at radius 3 is 2.35 bits per heavy atom. The maximum atomic E-state index is 12.2. The van der Waals surface area contributed by atoms with Crippen molar-refractivity contribution in [2.45, 2.75) is 6.54 Å². The summed E-state index contributed by atoms with van der Waals surface area (Å²) in [6, 6.07) is 21.1. The van der Waals surface area contributed by atoms with E-state index < -0.39 is 0 Å². The summed E-state index contributed by atoms with van der Waals surface area (Å²) >= 11 is 0. The molecule has 0 radical (unpaired) electrons. The highest BCUT2D eigenvalue weighted by Crippen LogP contribution is 2.28. The van der Waals surface area contributed by atoms with E-state index in [-0.39, 0.29) is 5.91 Å². The number of nitrogens with zero attached hydrogens (tertiary/aromatic N) is 3. The van der Waals surface area contributed by atoms with E-state index in [9.17, 15) is 4.79 Å². The van der Waals surface area contributed by atoms with Crippen LogP contribution < -0.4 is 5.32 Å². The third-order valence-electron chi connectivity index (χ3n) is 4.96. The Hall–Kier alpha value is -4.32. The van der Waals surface area contributed by atoms with Crippen LogP contribution >= 0.6 is 0 Å². The first kappa shape index (κ1) is 18.7. The van der Waals surface area contributed by atoms with Crippen molar-refractivity contribution in [3.8, 4) is 22.6 Å². The Kier molecular flexibility index (Phi) is 4.94. The lowest BCUT2D eigenvalue weighted by Gasteiger charge is -2.05. The summed E-state index contributed by atoms with van der Waals surface area (Å²) in [4.78, 5) is 24.9. The van der Waals surface area contributed by atoms with Gasteiger partial charge in [0.05, 0.1) is 5.56 Å². The molecule has 3 heterocycles. The minimum atomic E-state index is -0.152. The average Bonchev–Trinajstić information content (AvgIpc) is 3.27. The highest BCUT2D eigenvalue weighted by atomic mass is 16.3. The van der Waals surface area contributed by atoms with Gasteiger partial charge in [0.15, 0.2) is 5.58 Å². The Labute approximate surface area is 178 Å². The van der Waals surface area contributed by atoms with Gasteiger partial charge in [-0.1, -0.05) is 24.3 Å². The molecule has 0 saturated heterocycles. The van der Waals surface area contributed by atoms with E-state index >= 15 is 0 Å². The number of benzene rings is 2. The molecule has 150 valence electrons. The van der Waals surface area contributed by atoms with Crippen LogP contribution in [0.5, 0.6) is 0 Å². The normalized spacial score (nSPS) is 10.8. The van der Waals surface area contributed by atoms with Crippen molar-refractivity contribution in [2.75, 3.05) is 0 Å². The molecule has 6 heteroatoms. The van der Waals surface area contributed by atoms with Gasteiger partial charge in [-0.2, -0.15) is 0 Å². The second-order valence-corrected chi connectivity index (χ2v) is 7.06. The molecular formula is C25H18N4O2. The van der Waals surface area contributed by atoms with Gasteiger partial charge in [0, 0.05) is 42.5 Å². The van der Waals surface area contributed by atoms with Crippen molar-refractivity contribution < 1.29 is 9.21 Å². The molecule has 0 bridgehead atoms. The predicted octanol–water partition coefficient (Wildman–Crippen LogP) is 4.88. The number of rotatable bonds is 5. The standard InChI is InChI=1S/C25H18N4O2/c30-24(21-4-2-12-27-16-21)28-14-17-5-7-18(8-6-17)25-29-22-13-19(9-10-23(22)31-25)20-3-1-11-26-15-20/h1-13,15-16H,14H2,(H,28,30). The summed E-state index contributed by atoms with van der Waals surface area (Å²) in [7, 11) is 0. The number of nitrogens with one attached hydrogen (secondary N) is 1. The van der Waals surface area contributed by atoms with Crippen LogP contribution in [0.3, 0.4) is 0 Å². The largest absolute Gasteiger partial charge is 0.436 e. The quantitative estimate of drug-likeness (QED) is 0.450. The van der Waals surface area contributed by atoms with Gasteiger partial charge in [-0.15, -0.1) is 0 Å². The first-order valence-electron chi connectivity index (χ1n) is 9.85. The molecule has 3 aromatic heterocycles. The zero-order valence-corrected chi connectivity index (χ0v) is 16.5. The number of aromatic nitrogens is 3. The lowest BCUT2D eigenvalue weighted by molar-refractivity contribution is 0.0950. The van der Waals surface area contributed by atoms with Crippen molar-refractivity contribution in [1.82, 2.24) is 20.3 Å². The van der Waals surface area contributed by atoms with Crippen LogP contribution in [0.1, 0.15) is 15.9 Å². The van der Waals surface area contributed by atoms with Gasteiger partial charge in [0.1, 0.15) is 5.52 Å². The SMILES string of the molecule is O=C(NCc1ccc(-c2nc3cc(-c4cccnc4)ccc3o2)cc1)c1cccnc1. The molecule has 0 aliphatic carbocycles. The molecule has 5 aromatic rings. The number of fused-ring (bicyclic) bond motifs is 1. The molecule has 31 heavy (non-hydrogen) atoms. The van der Waals surface area contributed by atoms with E-state index in [1.807, 2.05) is 60.8 Å². The van der Waals surface area contributed by atoms with Crippen LogP contribution in [-0.2, 0) is 6.54 Å². The zero-order valence-electron chi connectivity index (χ0n) is 16.5. The number of pyridine rings is 2. The highest BCUT2D eigenvalue weighted by Gasteiger charge is 2.10. The molecule has 0 aliphatic rings. The third-order valence-corrected chi connectivity index (χ3v) is 4.96. The Morgan fingerprint density at radius 2 is 1.61 bits per heavy atom. The lowest BCUT2D eigenvalue weighted by Crippen LogP contribution is -2.22. The fourth-order valence-electron chi connectivity index (χ4n) is 3.31. The van der Waals surface area contributed by atoms with Gasteiger partial charge in [-0.25, -0.2) is 4.98 Å². The number of oxazole rings is 1. The monoisotopic (exact) mass is 406 g/mol. The minimum absolute atomic E-state index is 0.152. The summed E-state index contributed by atoms with van der Waals surface area (Å²) in [6.07, 6.45) is 6.77. The molecule has 1 N–H and O–H groups in total. The number of amides is 1. The van der Waals surface area contributed by atoms with Gasteiger partial charge in [0.2, 0.25) is 5.89 Å². The number of carbonyl (C=O) groups is 1. The Bertz CT molecular complexity index is 1330. The Balaban J connectivity index is 1.31.